The predicted octanol–water partition coefficient (Wildman–Crippen LogP) is 3.47. The van der Waals surface area contributed by atoms with Crippen molar-refractivity contribution >= 4 is 89.1 Å². The molecule has 11 nitrogen and oxygen atoms in total. The van der Waals surface area contributed by atoms with Crippen LogP contribution in [0, 0.1) is 0 Å². The van der Waals surface area contributed by atoms with E-state index in [2.05, 4.69) is 62.4 Å². The normalized spacial score (nSPS) is 15.1. The number of hydrogen-bond donors (Lipinski definition) is 3. The van der Waals surface area contributed by atoms with Gasteiger partial charge in [-0.15, -0.1) is 0 Å². The summed E-state index contributed by atoms with van der Waals surface area (Å²) < 4.78 is 5.18. The lowest BCUT2D eigenvalue weighted by Crippen LogP contribution is -2.43. The van der Waals surface area contributed by atoms with Crippen molar-refractivity contribution in [2.75, 3.05) is 17.4 Å². The monoisotopic (exact) mass is 607 g/mol. The highest BCUT2D eigenvalue weighted by Crippen LogP contribution is 2.33. The zero-order valence-corrected chi connectivity index (χ0v) is 20.7. The number of pyridine rings is 2. The summed E-state index contributed by atoms with van der Waals surface area (Å²) in [5, 5.41) is 8.59. The molecule has 2 aromatic heterocycles. The average Bonchev–Trinajstić information content (AvgIpc) is 3.15. The molecule has 0 aliphatic carbocycles. The molecule has 0 radical (unpaired) electrons. The summed E-state index contributed by atoms with van der Waals surface area (Å²) in [6.07, 6.45) is 0.845. The topological polar surface area (TPSA) is 138 Å². The molecular weight excluding hydrogens is 597 g/mol. The first-order chi connectivity index (χ1) is 15.2. The first-order valence-electron chi connectivity index (χ1n) is 8.65. The minimum absolute atomic E-state index is 0.0214. The van der Waals surface area contributed by atoms with Crippen molar-refractivity contribution in [1.82, 2.24) is 20.8 Å². The summed E-state index contributed by atoms with van der Waals surface area (Å²) in [6.45, 7) is 0. The molecule has 0 saturated heterocycles. The SMILES string of the molecule is COC(=O)NNC(=O)c1nc(Cl)cc(Br)c1NC(=O)C1CC(Br)=NN1c1ncccc1Cl. The highest BCUT2D eigenvalue weighted by Gasteiger charge is 2.35. The van der Waals surface area contributed by atoms with Gasteiger partial charge >= 0.3 is 6.09 Å². The summed E-state index contributed by atoms with van der Waals surface area (Å²) in [6, 6.07) is 3.84. The molecule has 3 rings (SSSR count). The van der Waals surface area contributed by atoms with Crippen LogP contribution < -0.4 is 21.2 Å². The number of rotatable bonds is 4. The number of methoxy groups -OCH3 is 1. The molecule has 0 aromatic carbocycles. The largest absolute Gasteiger partial charge is 0.452 e. The summed E-state index contributed by atoms with van der Waals surface area (Å²) in [5.74, 6) is -1.08. The maximum absolute atomic E-state index is 13.2. The van der Waals surface area contributed by atoms with Gasteiger partial charge < -0.3 is 10.1 Å². The fraction of sp³-hybridized carbons (Fsp3) is 0.176. The Kier molecular flexibility index (Phi) is 7.87. The molecule has 1 aliphatic heterocycles. The van der Waals surface area contributed by atoms with Crippen LogP contribution in [-0.2, 0) is 9.53 Å². The van der Waals surface area contributed by atoms with Crippen LogP contribution in [0.3, 0.4) is 0 Å². The van der Waals surface area contributed by atoms with Gasteiger partial charge in [0.15, 0.2) is 11.5 Å². The Morgan fingerprint density at radius 1 is 1.25 bits per heavy atom. The van der Waals surface area contributed by atoms with E-state index >= 15 is 0 Å². The Morgan fingerprint density at radius 2 is 2.00 bits per heavy atom. The van der Waals surface area contributed by atoms with Crippen LogP contribution in [-0.4, -0.2) is 45.6 Å². The average molecular weight is 610 g/mol. The van der Waals surface area contributed by atoms with Gasteiger partial charge in [0.25, 0.3) is 5.91 Å². The number of aromatic nitrogens is 2. The van der Waals surface area contributed by atoms with Gasteiger partial charge in [-0.3, -0.25) is 15.0 Å². The Hall–Kier alpha value is -2.48. The first kappa shape index (κ1) is 24.2. The zero-order valence-electron chi connectivity index (χ0n) is 16.0. The molecule has 1 atom stereocenters. The smallest absolute Gasteiger partial charge is 0.425 e. The molecule has 32 heavy (non-hydrogen) atoms. The molecule has 15 heteroatoms. The second kappa shape index (κ2) is 10.4. The van der Waals surface area contributed by atoms with Crippen molar-refractivity contribution in [3.05, 3.63) is 44.7 Å². The fourth-order valence-electron chi connectivity index (χ4n) is 2.61. The van der Waals surface area contributed by atoms with Gasteiger partial charge in [0.2, 0.25) is 5.91 Å². The van der Waals surface area contributed by atoms with Crippen LogP contribution >= 0.6 is 55.1 Å². The third-order valence-electron chi connectivity index (χ3n) is 4.00. The number of halogens is 4. The van der Waals surface area contributed by atoms with E-state index in [-0.39, 0.29) is 33.2 Å². The second-order valence-corrected chi connectivity index (χ2v) is 8.62. The van der Waals surface area contributed by atoms with Gasteiger partial charge in [0, 0.05) is 17.1 Å². The highest BCUT2D eigenvalue weighted by atomic mass is 79.9. The summed E-state index contributed by atoms with van der Waals surface area (Å²) in [4.78, 5) is 45.1. The number of amides is 3. The van der Waals surface area contributed by atoms with Crippen LogP contribution in [0.15, 0.2) is 34.0 Å². The molecule has 0 bridgehead atoms. The summed E-state index contributed by atoms with van der Waals surface area (Å²) >= 11 is 18.7. The van der Waals surface area contributed by atoms with Crippen LogP contribution in [0.25, 0.3) is 0 Å². The predicted molar refractivity (Wildman–Crippen MR) is 125 cm³/mol. The lowest BCUT2D eigenvalue weighted by Gasteiger charge is -2.23. The van der Waals surface area contributed by atoms with Crippen molar-refractivity contribution in [2.24, 2.45) is 5.10 Å². The van der Waals surface area contributed by atoms with Crippen LogP contribution in [0.2, 0.25) is 10.2 Å². The summed E-state index contributed by atoms with van der Waals surface area (Å²) in [7, 11) is 1.13. The van der Waals surface area contributed by atoms with Crippen molar-refractivity contribution in [3.8, 4) is 0 Å². The lowest BCUT2D eigenvalue weighted by atomic mass is 10.2. The van der Waals surface area contributed by atoms with E-state index in [0.29, 0.717) is 9.64 Å². The Labute approximate surface area is 208 Å². The number of hydrazine groups is 1. The van der Waals surface area contributed by atoms with Gasteiger partial charge in [-0.25, -0.2) is 25.2 Å². The second-order valence-electron chi connectivity index (χ2n) is 6.06. The molecule has 1 unspecified atom stereocenters. The molecule has 0 saturated carbocycles. The maximum Gasteiger partial charge on any atom is 0.425 e. The maximum atomic E-state index is 13.2. The first-order valence-corrected chi connectivity index (χ1v) is 11.0. The van der Waals surface area contributed by atoms with E-state index in [9.17, 15) is 14.4 Å². The Balaban J connectivity index is 1.88. The number of ether oxygens (including phenoxy) is 1. The van der Waals surface area contributed by atoms with Crippen LogP contribution in [0.1, 0.15) is 16.9 Å². The number of hydrogen-bond acceptors (Lipinski definition) is 8. The number of nitrogens with one attached hydrogen (secondary N) is 3. The molecule has 3 amide bonds. The molecule has 168 valence electrons. The minimum Gasteiger partial charge on any atom is -0.452 e. The standard InChI is InChI=1S/C17H13Br2Cl2N7O4/c1-32-17(31)26-25-16(30)13-12(7(18)5-11(21)23-13)24-15(29)9-6-10(19)27-28(9)14-8(20)3-2-4-22-14/h2-5,9H,6H2,1H3,(H,24,29)(H,25,30)(H,26,31). The molecule has 3 N–H and O–H groups in total. The quantitative estimate of drug-likeness (QED) is 0.356. The molecular formula is C17H13Br2Cl2N7O4. The van der Waals surface area contributed by atoms with Crippen molar-refractivity contribution in [3.63, 3.8) is 0 Å². The minimum atomic E-state index is -0.902. The summed E-state index contributed by atoms with van der Waals surface area (Å²) in [5.41, 5.74) is 3.90. The van der Waals surface area contributed by atoms with E-state index < -0.39 is 23.9 Å². The third kappa shape index (κ3) is 5.46. The van der Waals surface area contributed by atoms with Gasteiger partial charge in [-0.2, -0.15) is 5.10 Å². The van der Waals surface area contributed by atoms with Gasteiger partial charge in [-0.1, -0.05) is 23.2 Å². The molecule has 2 aromatic rings. The van der Waals surface area contributed by atoms with Gasteiger partial charge in [0.05, 0.1) is 17.8 Å². The van der Waals surface area contributed by atoms with E-state index in [1.54, 1.807) is 12.1 Å². The van der Waals surface area contributed by atoms with E-state index in [4.69, 9.17) is 23.2 Å². The number of hydrazone groups is 1. The van der Waals surface area contributed by atoms with Crippen molar-refractivity contribution in [2.45, 2.75) is 12.5 Å². The van der Waals surface area contributed by atoms with E-state index in [0.717, 1.165) is 7.11 Å². The highest BCUT2D eigenvalue weighted by molar-refractivity contribution is 9.18. The van der Waals surface area contributed by atoms with Crippen molar-refractivity contribution < 1.29 is 19.1 Å². The number of anilines is 2. The fourth-order valence-corrected chi connectivity index (χ4v) is 4.13. The number of carbonyl (C=O) groups excluding carboxylic acids is 3. The molecule has 0 spiro atoms. The van der Waals surface area contributed by atoms with Gasteiger partial charge in [-0.05, 0) is 50.1 Å². The molecule has 0 fully saturated rings. The van der Waals surface area contributed by atoms with E-state index in [1.165, 1.54) is 17.3 Å². The Bertz CT molecular complexity index is 1120. The van der Waals surface area contributed by atoms with Gasteiger partial charge in [0.1, 0.15) is 15.8 Å². The number of nitrogens with zero attached hydrogens (tertiary/aromatic N) is 4. The zero-order chi connectivity index (χ0) is 23.4. The number of carbonyl (C=O) groups is 3. The molecule has 3 heterocycles. The van der Waals surface area contributed by atoms with Crippen LogP contribution in [0.4, 0.5) is 16.3 Å². The Morgan fingerprint density at radius 3 is 2.69 bits per heavy atom. The third-order valence-corrected chi connectivity index (χ3v) is 5.60. The lowest BCUT2D eigenvalue weighted by molar-refractivity contribution is -0.117. The van der Waals surface area contributed by atoms with Crippen LogP contribution in [0.5, 0.6) is 0 Å². The molecule has 1 aliphatic rings. The van der Waals surface area contributed by atoms with E-state index in [1.807, 2.05) is 5.43 Å². The van der Waals surface area contributed by atoms with Crippen molar-refractivity contribution in [1.29, 1.82) is 0 Å².